The van der Waals surface area contributed by atoms with Crippen LogP contribution in [0, 0.1) is 6.92 Å². The van der Waals surface area contributed by atoms with E-state index < -0.39 is 0 Å². The van der Waals surface area contributed by atoms with Crippen LogP contribution in [0.15, 0.2) is 40.2 Å². The highest BCUT2D eigenvalue weighted by Crippen LogP contribution is 2.21. The summed E-state index contributed by atoms with van der Waals surface area (Å²) in [4.78, 5) is 12.7. The summed E-state index contributed by atoms with van der Waals surface area (Å²) in [5.74, 6) is -0.0728. The maximum absolute atomic E-state index is 12.0. The van der Waals surface area contributed by atoms with Gasteiger partial charge in [-0.15, -0.1) is 11.3 Å². The average Bonchev–Trinajstić information content (AvgIpc) is 2.88. The maximum Gasteiger partial charge on any atom is 0.261 e. The number of carbonyl (C=O) groups is 1. The van der Waals surface area contributed by atoms with Crippen LogP contribution in [0.1, 0.15) is 26.9 Å². The molecule has 1 aromatic heterocycles. The second-order valence-corrected chi connectivity index (χ2v) is 6.25. The Bertz CT molecular complexity index is 597. The Balaban J connectivity index is 2.01. The maximum atomic E-state index is 12.0. The van der Waals surface area contributed by atoms with E-state index in [-0.39, 0.29) is 12.0 Å². The molecule has 3 nitrogen and oxygen atoms in total. The SMILES string of the molecule is CO[C@H](CNC(=O)c1cc(Br)cs1)c1ccccc1C. The summed E-state index contributed by atoms with van der Waals surface area (Å²) in [6, 6.07) is 9.85. The molecule has 0 bridgehead atoms. The number of aryl methyl sites for hydroxylation is 1. The molecule has 1 atom stereocenters. The third-order valence-corrected chi connectivity index (χ3v) is 4.75. The van der Waals surface area contributed by atoms with Crippen LogP contribution in [0.3, 0.4) is 0 Å². The number of benzene rings is 1. The molecule has 0 aliphatic carbocycles. The fourth-order valence-corrected chi connectivity index (χ4v) is 3.32. The normalized spacial score (nSPS) is 12.2. The van der Waals surface area contributed by atoms with Crippen LogP contribution in [-0.2, 0) is 4.74 Å². The van der Waals surface area contributed by atoms with Gasteiger partial charge in [0.1, 0.15) is 0 Å². The van der Waals surface area contributed by atoms with Gasteiger partial charge in [0, 0.05) is 23.5 Å². The molecular formula is C15H16BrNO2S. The zero-order valence-electron chi connectivity index (χ0n) is 11.4. The van der Waals surface area contributed by atoms with Crippen LogP contribution in [0.2, 0.25) is 0 Å². The van der Waals surface area contributed by atoms with Crippen molar-refractivity contribution in [3.63, 3.8) is 0 Å². The van der Waals surface area contributed by atoms with Crippen LogP contribution in [0.25, 0.3) is 0 Å². The van der Waals surface area contributed by atoms with Gasteiger partial charge >= 0.3 is 0 Å². The number of hydrogen-bond acceptors (Lipinski definition) is 3. The smallest absolute Gasteiger partial charge is 0.261 e. The largest absolute Gasteiger partial charge is 0.375 e. The average molecular weight is 354 g/mol. The number of hydrogen-bond donors (Lipinski definition) is 1. The molecule has 0 fully saturated rings. The first-order chi connectivity index (χ1) is 9.61. The molecule has 1 amide bonds. The van der Waals surface area contributed by atoms with Crippen molar-refractivity contribution in [2.24, 2.45) is 0 Å². The number of halogens is 1. The van der Waals surface area contributed by atoms with Crippen molar-refractivity contribution in [2.45, 2.75) is 13.0 Å². The van der Waals surface area contributed by atoms with Crippen molar-refractivity contribution in [1.82, 2.24) is 5.32 Å². The quantitative estimate of drug-likeness (QED) is 0.883. The van der Waals surface area contributed by atoms with E-state index in [1.54, 1.807) is 7.11 Å². The number of ether oxygens (including phenoxy) is 1. The van der Waals surface area contributed by atoms with E-state index in [9.17, 15) is 4.79 Å². The Labute approximate surface area is 131 Å². The zero-order valence-corrected chi connectivity index (χ0v) is 13.8. The minimum atomic E-state index is -0.136. The summed E-state index contributed by atoms with van der Waals surface area (Å²) < 4.78 is 6.41. The number of rotatable bonds is 5. The highest BCUT2D eigenvalue weighted by molar-refractivity contribution is 9.10. The van der Waals surface area contributed by atoms with Crippen molar-refractivity contribution in [3.8, 4) is 0 Å². The molecule has 1 heterocycles. The molecule has 2 aromatic rings. The van der Waals surface area contributed by atoms with Gasteiger partial charge in [-0.3, -0.25) is 4.79 Å². The minimum Gasteiger partial charge on any atom is -0.375 e. The van der Waals surface area contributed by atoms with Crippen LogP contribution < -0.4 is 5.32 Å². The van der Waals surface area contributed by atoms with E-state index in [0.717, 1.165) is 15.6 Å². The van der Waals surface area contributed by atoms with Crippen molar-refractivity contribution >= 4 is 33.2 Å². The van der Waals surface area contributed by atoms with E-state index in [1.807, 2.05) is 42.6 Å². The lowest BCUT2D eigenvalue weighted by Gasteiger charge is -2.18. The van der Waals surface area contributed by atoms with Gasteiger partial charge < -0.3 is 10.1 Å². The Morgan fingerprint density at radius 3 is 2.80 bits per heavy atom. The molecular weight excluding hydrogens is 338 g/mol. The second kappa shape index (κ2) is 7.02. The summed E-state index contributed by atoms with van der Waals surface area (Å²) in [6.07, 6.45) is -0.136. The molecule has 20 heavy (non-hydrogen) atoms. The number of thiophene rings is 1. The van der Waals surface area contributed by atoms with Gasteiger partial charge in [-0.05, 0) is 40.0 Å². The predicted molar refractivity (Wildman–Crippen MR) is 85.3 cm³/mol. The minimum absolute atomic E-state index is 0.0728. The third kappa shape index (κ3) is 3.69. The van der Waals surface area contributed by atoms with E-state index >= 15 is 0 Å². The van der Waals surface area contributed by atoms with Gasteiger partial charge in [0.05, 0.1) is 11.0 Å². The highest BCUT2D eigenvalue weighted by atomic mass is 79.9. The first-order valence-corrected chi connectivity index (χ1v) is 7.89. The van der Waals surface area contributed by atoms with Gasteiger partial charge in [0.15, 0.2) is 0 Å². The first kappa shape index (κ1) is 15.2. The molecule has 1 N–H and O–H groups in total. The lowest BCUT2D eigenvalue weighted by Crippen LogP contribution is -2.28. The van der Waals surface area contributed by atoms with Gasteiger partial charge in [0.2, 0.25) is 0 Å². The van der Waals surface area contributed by atoms with Crippen LogP contribution in [0.4, 0.5) is 0 Å². The summed E-state index contributed by atoms with van der Waals surface area (Å²) in [5, 5.41) is 4.81. The molecule has 0 aliphatic rings. The molecule has 0 saturated heterocycles. The van der Waals surface area contributed by atoms with Crippen molar-refractivity contribution in [1.29, 1.82) is 0 Å². The molecule has 2 rings (SSSR count). The fourth-order valence-electron chi connectivity index (χ4n) is 1.97. The van der Waals surface area contributed by atoms with Crippen molar-refractivity contribution in [2.75, 3.05) is 13.7 Å². The van der Waals surface area contributed by atoms with Crippen LogP contribution in [-0.4, -0.2) is 19.6 Å². The lowest BCUT2D eigenvalue weighted by molar-refractivity contribution is 0.0829. The van der Waals surface area contributed by atoms with E-state index in [1.165, 1.54) is 11.3 Å². The van der Waals surface area contributed by atoms with Crippen LogP contribution in [0.5, 0.6) is 0 Å². The summed E-state index contributed by atoms with van der Waals surface area (Å²) in [7, 11) is 1.66. The van der Waals surface area contributed by atoms with E-state index in [0.29, 0.717) is 11.4 Å². The second-order valence-electron chi connectivity index (χ2n) is 4.42. The Morgan fingerprint density at radius 2 is 2.20 bits per heavy atom. The Morgan fingerprint density at radius 1 is 1.45 bits per heavy atom. The van der Waals surface area contributed by atoms with E-state index in [4.69, 9.17) is 4.74 Å². The number of amides is 1. The molecule has 0 saturated carbocycles. The molecule has 106 valence electrons. The topological polar surface area (TPSA) is 38.3 Å². The highest BCUT2D eigenvalue weighted by Gasteiger charge is 2.15. The molecule has 5 heteroatoms. The Hall–Kier alpha value is -1.17. The lowest BCUT2D eigenvalue weighted by atomic mass is 10.0. The van der Waals surface area contributed by atoms with Gasteiger partial charge in [-0.1, -0.05) is 24.3 Å². The van der Waals surface area contributed by atoms with Crippen molar-refractivity contribution in [3.05, 3.63) is 56.2 Å². The monoisotopic (exact) mass is 353 g/mol. The summed E-state index contributed by atoms with van der Waals surface area (Å²) in [5.41, 5.74) is 2.26. The Kier molecular flexibility index (Phi) is 5.34. The summed E-state index contributed by atoms with van der Waals surface area (Å²) in [6.45, 7) is 2.50. The zero-order chi connectivity index (χ0) is 14.5. The number of methoxy groups -OCH3 is 1. The number of carbonyl (C=O) groups excluding carboxylic acids is 1. The van der Waals surface area contributed by atoms with E-state index in [2.05, 4.69) is 21.2 Å². The molecule has 1 aromatic carbocycles. The van der Waals surface area contributed by atoms with Gasteiger partial charge in [-0.2, -0.15) is 0 Å². The van der Waals surface area contributed by atoms with Crippen molar-refractivity contribution < 1.29 is 9.53 Å². The van der Waals surface area contributed by atoms with Crippen LogP contribution >= 0.6 is 27.3 Å². The standard InChI is InChI=1S/C15H16BrNO2S/c1-10-5-3-4-6-12(10)13(19-2)8-17-15(18)14-7-11(16)9-20-14/h3-7,9,13H,8H2,1-2H3,(H,17,18)/t13-/m1/s1. The van der Waals surface area contributed by atoms with Gasteiger partial charge in [-0.25, -0.2) is 0 Å². The third-order valence-electron chi connectivity index (χ3n) is 3.06. The van der Waals surface area contributed by atoms with Gasteiger partial charge in [0.25, 0.3) is 5.91 Å². The molecule has 0 aliphatic heterocycles. The predicted octanol–water partition coefficient (Wildman–Crippen LogP) is 3.94. The molecule has 0 unspecified atom stereocenters. The number of nitrogens with one attached hydrogen (secondary N) is 1. The molecule has 0 radical (unpaired) electrons. The first-order valence-electron chi connectivity index (χ1n) is 6.22. The molecule has 0 spiro atoms. The fraction of sp³-hybridized carbons (Fsp3) is 0.267. The summed E-state index contributed by atoms with van der Waals surface area (Å²) >= 11 is 4.76.